The van der Waals surface area contributed by atoms with Crippen LogP contribution in [0.5, 0.6) is 0 Å². The Labute approximate surface area is 156 Å². The van der Waals surface area contributed by atoms with Crippen molar-refractivity contribution in [2.45, 2.75) is 13.3 Å². The molecule has 0 aliphatic heterocycles. The van der Waals surface area contributed by atoms with Gasteiger partial charge in [0.25, 0.3) is 0 Å². The fourth-order valence-electron chi connectivity index (χ4n) is 2.25. The summed E-state index contributed by atoms with van der Waals surface area (Å²) >= 11 is 7.37. The first kappa shape index (κ1) is 17.4. The number of thiazole rings is 1. The van der Waals surface area contributed by atoms with Crippen molar-refractivity contribution < 1.29 is 4.79 Å². The average Bonchev–Trinajstić information content (AvgIpc) is 3.03. The van der Waals surface area contributed by atoms with E-state index in [1.165, 1.54) is 23.0 Å². The summed E-state index contributed by atoms with van der Waals surface area (Å²) in [7, 11) is 0. The van der Waals surface area contributed by atoms with Crippen LogP contribution in [0.25, 0.3) is 6.08 Å². The van der Waals surface area contributed by atoms with Crippen LogP contribution in [0.2, 0.25) is 5.02 Å². The number of nitrogens with zero attached hydrogens (tertiary/aromatic N) is 1. The Kier molecular flexibility index (Phi) is 5.64. The van der Waals surface area contributed by atoms with Crippen LogP contribution < -0.4 is 5.32 Å². The molecule has 1 aromatic heterocycles. The van der Waals surface area contributed by atoms with Gasteiger partial charge in [0.05, 0.1) is 0 Å². The number of carbonyl (C=O) groups is 1. The molecule has 1 amide bonds. The predicted molar refractivity (Wildman–Crippen MR) is 105 cm³/mol. The Balaban J connectivity index is 1.57. The van der Waals surface area contributed by atoms with Gasteiger partial charge in [0.15, 0.2) is 5.13 Å². The van der Waals surface area contributed by atoms with Crippen molar-refractivity contribution in [1.82, 2.24) is 4.98 Å². The molecule has 0 atom stereocenters. The quantitative estimate of drug-likeness (QED) is 0.617. The largest absolute Gasteiger partial charge is 0.298 e. The number of halogens is 1. The van der Waals surface area contributed by atoms with Crippen molar-refractivity contribution in [2.75, 3.05) is 5.32 Å². The van der Waals surface area contributed by atoms with Crippen molar-refractivity contribution in [3.63, 3.8) is 0 Å². The highest BCUT2D eigenvalue weighted by atomic mass is 35.5. The SMILES string of the molecule is Cc1ccc(/C=C/C(=O)Nc2ncc(Cc3ccc(Cl)cc3)s2)cc1. The van der Waals surface area contributed by atoms with Gasteiger partial charge in [0.1, 0.15) is 0 Å². The van der Waals surface area contributed by atoms with Crippen molar-refractivity contribution >= 4 is 40.1 Å². The monoisotopic (exact) mass is 368 g/mol. The first-order valence-corrected chi connectivity index (χ1v) is 9.03. The molecule has 0 fully saturated rings. The van der Waals surface area contributed by atoms with Gasteiger partial charge in [0, 0.05) is 28.6 Å². The second kappa shape index (κ2) is 8.10. The van der Waals surface area contributed by atoms with Crippen LogP contribution in [0.1, 0.15) is 21.6 Å². The van der Waals surface area contributed by atoms with Gasteiger partial charge in [-0.15, -0.1) is 11.3 Å². The lowest BCUT2D eigenvalue weighted by molar-refractivity contribution is -0.111. The molecule has 0 unspecified atom stereocenters. The maximum Gasteiger partial charge on any atom is 0.250 e. The number of amides is 1. The van der Waals surface area contributed by atoms with Gasteiger partial charge in [-0.05, 0) is 36.3 Å². The van der Waals surface area contributed by atoms with Crippen LogP contribution >= 0.6 is 22.9 Å². The lowest BCUT2D eigenvalue weighted by Crippen LogP contribution is -2.07. The standard InChI is InChI=1S/C20H17ClN2OS/c1-14-2-4-15(5-3-14)8-11-19(24)23-20-22-13-18(25-20)12-16-6-9-17(21)10-7-16/h2-11,13H,12H2,1H3,(H,22,23,24)/b11-8+. The molecular weight excluding hydrogens is 352 g/mol. The smallest absolute Gasteiger partial charge is 0.250 e. The minimum Gasteiger partial charge on any atom is -0.298 e. The lowest BCUT2D eigenvalue weighted by atomic mass is 10.1. The molecule has 0 saturated carbocycles. The molecule has 0 bridgehead atoms. The summed E-state index contributed by atoms with van der Waals surface area (Å²) in [6, 6.07) is 15.7. The number of anilines is 1. The van der Waals surface area contributed by atoms with Gasteiger partial charge in [-0.25, -0.2) is 4.98 Å². The number of carbonyl (C=O) groups excluding carboxylic acids is 1. The number of hydrogen-bond donors (Lipinski definition) is 1. The zero-order valence-corrected chi connectivity index (χ0v) is 15.3. The summed E-state index contributed by atoms with van der Waals surface area (Å²) in [6.45, 7) is 2.03. The summed E-state index contributed by atoms with van der Waals surface area (Å²) < 4.78 is 0. The fourth-order valence-corrected chi connectivity index (χ4v) is 3.22. The minimum absolute atomic E-state index is 0.187. The van der Waals surface area contributed by atoms with E-state index in [2.05, 4.69) is 10.3 Å². The van der Waals surface area contributed by atoms with E-state index < -0.39 is 0 Å². The molecule has 3 rings (SSSR count). The van der Waals surface area contributed by atoms with E-state index in [1.54, 1.807) is 12.3 Å². The first-order valence-electron chi connectivity index (χ1n) is 7.83. The fraction of sp³-hybridized carbons (Fsp3) is 0.100. The van der Waals surface area contributed by atoms with E-state index in [0.717, 1.165) is 27.4 Å². The van der Waals surface area contributed by atoms with E-state index in [4.69, 9.17) is 11.6 Å². The van der Waals surface area contributed by atoms with Gasteiger partial charge in [-0.1, -0.05) is 53.6 Å². The van der Waals surface area contributed by atoms with E-state index >= 15 is 0 Å². The van der Waals surface area contributed by atoms with Crippen LogP contribution in [0, 0.1) is 6.92 Å². The lowest BCUT2D eigenvalue weighted by Gasteiger charge is -1.98. The molecule has 1 heterocycles. The summed E-state index contributed by atoms with van der Waals surface area (Å²) in [4.78, 5) is 17.4. The van der Waals surface area contributed by atoms with Crippen molar-refractivity contribution in [2.24, 2.45) is 0 Å². The highest BCUT2D eigenvalue weighted by molar-refractivity contribution is 7.15. The second-order valence-electron chi connectivity index (χ2n) is 5.67. The number of rotatable bonds is 5. The van der Waals surface area contributed by atoms with Crippen LogP contribution in [0.4, 0.5) is 5.13 Å². The summed E-state index contributed by atoms with van der Waals surface area (Å²) in [5.74, 6) is -0.187. The van der Waals surface area contributed by atoms with E-state index in [0.29, 0.717) is 5.13 Å². The maximum absolute atomic E-state index is 12.0. The molecule has 2 aromatic carbocycles. The Morgan fingerprint density at radius 2 is 1.88 bits per heavy atom. The zero-order valence-electron chi connectivity index (χ0n) is 13.7. The van der Waals surface area contributed by atoms with E-state index in [9.17, 15) is 4.79 Å². The highest BCUT2D eigenvalue weighted by Crippen LogP contribution is 2.22. The van der Waals surface area contributed by atoms with Crippen LogP contribution in [-0.2, 0) is 11.2 Å². The molecule has 25 heavy (non-hydrogen) atoms. The second-order valence-corrected chi connectivity index (χ2v) is 7.22. The van der Waals surface area contributed by atoms with Gasteiger partial charge in [0.2, 0.25) is 5.91 Å². The predicted octanol–water partition coefficient (Wildman–Crippen LogP) is 5.35. The normalized spacial score (nSPS) is 11.0. The summed E-state index contributed by atoms with van der Waals surface area (Å²) in [5.41, 5.74) is 3.34. The summed E-state index contributed by atoms with van der Waals surface area (Å²) in [5, 5.41) is 4.12. The molecule has 0 saturated heterocycles. The number of nitrogens with one attached hydrogen (secondary N) is 1. The Hall–Kier alpha value is -2.43. The van der Waals surface area contributed by atoms with Crippen LogP contribution in [-0.4, -0.2) is 10.9 Å². The molecule has 5 heteroatoms. The topological polar surface area (TPSA) is 42.0 Å². The third-order valence-corrected chi connectivity index (χ3v) is 4.74. The molecular formula is C20H17ClN2OS. The van der Waals surface area contributed by atoms with Gasteiger partial charge >= 0.3 is 0 Å². The molecule has 0 spiro atoms. The van der Waals surface area contributed by atoms with Crippen LogP contribution in [0.15, 0.2) is 60.8 Å². The average molecular weight is 369 g/mol. The third kappa shape index (κ3) is 5.28. The zero-order chi connectivity index (χ0) is 17.6. The molecule has 0 radical (unpaired) electrons. The maximum atomic E-state index is 12.0. The Morgan fingerprint density at radius 3 is 2.60 bits per heavy atom. The van der Waals surface area contributed by atoms with Gasteiger partial charge in [-0.3, -0.25) is 10.1 Å². The van der Waals surface area contributed by atoms with Crippen molar-refractivity contribution in [3.8, 4) is 0 Å². The molecule has 0 aliphatic rings. The highest BCUT2D eigenvalue weighted by Gasteiger charge is 2.05. The van der Waals surface area contributed by atoms with Crippen LogP contribution in [0.3, 0.4) is 0 Å². The van der Waals surface area contributed by atoms with E-state index in [1.807, 2.05) is 55.5 Å². The van der Waals surface area contributed by atoms with Gasteiger partial charge in [-0.2, -0.15) is 0 Å². The van der Waals surface area contributed by atoms with Crippen molar-refractivity contribution in [3.05, 3.63) is 87.4 Å². The Bertz CT molecular complexity index is 883. The number of benzene rings is 2. The van der Waals surface area contributed by atoms with E-state index in [-0.39, 0.29) is 5.91 Å². The number of aryl methyl sites for hydroxylation is 1. The summed E-state index contributed by atoms with van der Waals surface area (Å²) in [6.07, 6.45) is 5.87. The molecule has 3 nitrogen and oxygen atoms in total. The Morgan fingerprint density at radius 1 is 1.16 bits per heavy atom. The molecule has 126 valence electrons. The third-order valence-electron chi connectivity index (χ3n) is 3.58. The minimum atomic E-state index is -0.187. The molecule has 1 N–H and O–H groups in total. The number of hydrogen-bond acceptors (Lipinski definition) is 3. The van der Waals surface area contributed by atoms with Crippen molar-refractivity contribution in [1.29, 1.82) is 0 Å². The molecule has 3 aromatic rings. The first-order chi connectivity index (χ1) is 12.1. The molecule has 0 aliphatic carbocycles. The number of aromatic nitrogens is 1. The van der Waals surface area contributed by atoms with Gasteiger partial charge < -0.3 is 0 Å².